The van der Waals surface area contributed by atoms with Crippen LogP contribution in [0.2, 0.25) is 0 Å². The van der Waals surface area contributed by atoms with Crippen molar-refractivity contribution >= 4 is 17.3 Å². The van der Waals surface area contributed by atoms with Crippen molar-refractivity contribution in [2.75, 3.05) is 18.2 Å². The van der Waals surface area contributed by atoms with Gasteiger partial charge in [-0.3, -0.25) is 4.98 Å². The second-order valence-corrected chi connectivity index (χ2v) is 4.61. The number of rotatable bonds is 5. The number of nitrogen functional groups attached to an aromatic ring is 1. The summed E-state index contributed by atoms with van der Waals surface area (Å²) in [5.74, 6) is -0.397. The van der Waals surface area contributed by atoms with Gasteiger partial charge >= 0.3 is 5.97 Å². The Labute approximate surface area is 124 Å². The van der Waals surface area contributed by atoms with Gasteiger partial charge in [-0.25, -0.2) is 4.79 Å². The predicted octanol–water partition coefficient (Wildman–Crippen LogP) is 2.62. The molecule has 0 aliphatic rings. The van der Waals surface area contributed by atoms with Gasteiger partial charge in [0.05, 0.1) is 36.3 Å². The van der Waals surface area contributed by atoms with Gasteiger partial charge in [0.2, 0.25) is 0 Å². The number of benzene rings is 1. The monoisotopic (exact) mass is 285 g/mol. The van der Waals surface area contributed by atoms with Crippen LogP contribution >= 0.6 is 0 Å². The SMILES string of the molecule is CCc1cccnc1CNc1ccc(C(=O)OC)cc1N. The van der Waals surface area contributed by atoms with E-state index >= 15 is 0 Å². The fourth-order valence-corrected chi connectivity index (χ4v) is 2.10. The van der Waals surface area contributed by atoms with Crippen molar-refractivity contribution in [2.45, 2.75) is 19.9 Å². The van der Waals surface area contributed by atoms with Gasteiger partial charge in [0.15, 0.2) is 0 Å². The molecule has 0 amide bonds. The largest absolute Gasteiger partial charge is 0.465 e. The molecule has 1 aromatic heterocycles. The number of nitrogens with one attached hydrogen (secondary N) is 1. The first kappa shape index (κ1) is 14.8. The molecule has 0 unspecified atom stereocenters. The molecule has 0 atom stereocenters. The molecule has 0 aliphatic carbocycles. The third-order valence-electron chi connectivity index (χ3n) is 3.28. The summed E-state index contributed by atoms with van der Waals surface area (Å²) in [6, 6.07) is 9.06. The molecule has 0 radical (unpaired) electrons. The number of nitrogens with zero attached hydrogens (tertiary/aromatic N) is 1. The Morgan fingerprint density at radius 3 is 2.86 bits per heavy atom. The van der Waals surface area contributed by atoms with Crippen LogP contribution in [0.1, 0.15) is 28.5 Å². The molecule has 0 saturated heterocycles. The van der Waals surface area contributed by atoms with Gasteiger partial charge in [0.25, 0.3) is 0 Å². The highest BCUT2D eigenvalue weighted by Gasteiger charge is 2.08. The standard InChI is InChI=1S/C16H19N3O2/c1-3-11-5-4-8-18-15(11)10-19-14-7-6-12(9-13(14)17)16(20)21-2/h4-9,19H,3,10,17H2,1-2H3. The zero-order valence-corrected chi connectivity index (χ0v) is 12.2. The van der Waals surface area contributed by atoms with E-state index in [0.29, 0.717) is 17.8 Å². The number of aryl methyl sites for hydroxylation is 1. The molecule has 0 saturated carbocycles. The van der Waals surface area contributed by atoms with E-state index < -0.39 is 5.97 Å². The van der Waals surface area contributed by atoms with E-state index in [9.17, 15) is 4.79 Å². The second kappa shape index (κ2) is 6.74. The molecular weight excluding hydrogens is 266 g/mol. The lowest BCUT2D eigenvalue weighted by Gasteiger charge is -2.12. The number of hydrogen-bond acceptors (Lipinski definition) is 5. The first-order valence-electron chi connectivity index (χ1n) is 6.80. The molecule has 0 bridgehead atoms. The van der Waals surface area contributed by atoms with E-state index in [1.807, 2.05) is 6.07 Å². The number of esters is 1. The number of ether oxygens (including phenoxy) is 1. The van der Waals surface area contributed by atoms with Gasteiger partial charge in [-0.05, 0) is 36.2 Å². The molecule has 3 N–H and O–H groups in total. The van der Waals surface area contributed by atoms with Gasteiger partial charge in [0, 0.05) is 6.20 Å². The Bertz CT molecular complexity index is 641. The van der Waals surface area contributed by atoms with Crippen LogP contribution in [-0.4, -0.2) is 18.1 Å². The summed E-state index contributed by atoms with van der Waals surface area (Å²) >= 11 is 0. The average Bonchev–Trinajstić information content (AvgIpc) is 2.53. The highest BCUT2D eigenvalue weighted by molar-refractivity contribution is 5.91. The summed E-state index contributed by atoms with van der Waals surface area (Å²) in [5.41, 5.74) is 9.88. The van der Waals surface area contributed by atoms with E-state index in [-0.39, 0.29) is 0 Å². The van der Waals surface area contributed by atoms with E-state index in [1.165, 1.54) is 12.7 Å². The van der Waals surface area contributed by atoms with Gasteiger partial charge in [-0.1, -0.05) is 13.0 Å². The third-order valence-corrected chi connectivity index (χ3v) is 3.28. The number of nitrogens with two attached hydrogens (primary N) is 1. The second-order valence-electron chi connectivity index (χ2n) is 4.61. The predicted molar refractivity (Wildman–Crippen MR) is 83.1 cm³/mol. The first-order valence-corrected chi connectivity index (χ1v) is 6.80. The van der Waals surface area contributed by atoms with Crippen molar-refractivity contribution in [3.05, 3.63) is 53.3 Å². The van der Waals surface area contributed by atoms with Crippen molar-refractivity contribution < 1.29 is 9.53 Å². The summed E-state index contributed by atoms with van der Waals surface area (Å²) in [5, 5.41) is 3.25. The minimum atomic E-state index is -0.397. The molecule has 110 valence electrons. The van der Waals surface area contributed by atoms with Crippen LogP contribution < -0.4 is 11.1 Å². The number of anilines is 2. The zero-order valence-electron chi connectivity index (χ0n) is 12.2. The summed E-state index contributed by atoms with van der Waals surface area (Å²) in [4.78, 5) is 15.8. The van der Waals surface area contributed by atoms with Crippen LogP contribution in [0, 0.1) is 0 Å². The van der Waals surface area contributed by atoms with Crippen LogP contribution in [0.4, 0.5) is 11.4 Å². The maximum Gasteiger partial charge on any atom is 0.337 e. The maximum atomic E-state index is 11.4. The van der Waals surface area contributed by atoms with Gasteiger partial charge < -0.3 is 15.8 Å². The number of carbonyl (C=O) groups excluding carboxylic acids is 1. The highest BCUT2D eigenvalue weighted by Crippen LogP contribution is 2.21. The normalized spacial score (nSPS) is 10.2. The maximum absolute atomic E-state index is 11.4. The summed E-state index contributed by atoms with van der Waals surface area (Å²) < 4.78 is 4.67. The Hall–Kier alpha value is -2.56. The smallest absolute Gasteiger partial charge is 0.337 e. The highest BCUT2D eigenvalue weighted by atomic mass is 16.5. The van der Waals surface area contributed by atoms with Gasteiger partial charge in [-0.15, -0.1) is 0 Å². The van der Waals surface area contributed by atoms with Crippen LogP contribution in [0.25, 0.3) is 0 Å². The minimum Gasteiger partial charge on any atom is -0.465 e. The van der Waals surface area contributed by atoms with E-state index in [1.54, 1.807) is 24.4 Å². The molecule has 0 fully saturated rings. The van der Waals surface area contributed by atoms with E-state index in [0.717, 1.165) is 17.8 Å². The molecule has 21 heavy (non-hydrogen) atoms. The van der Waals surface area contributed by atoms with E-state index in [2.05, 4.69) is 28.0 Å². The molecule has 0 spiro atoms. The Morgan fingerprint density at radius 2 is 2.19 bits per heavy atom. The van der Waals surface area contributed by atoms with Crippen LogP contribution in [0.5, 0.6) is 0 Å². The molecule has 5 heteroatoms. The number of pyridine rings is 1. The quantitative estimate of drug-likeness (QED) is 0.652. The molecule has 5 nitrogen and oxygen atoms in total. The summed E-state index contributed by atoms with van der Waals surface area (Å²) in [6.07, 6.45) is 2.71. The fourth-order valence-electron chi connectivity index (χ4n) is 2.10. The molecule has 1 heterocycles. The third kappa shape index (κ3) is 3.51. The Balaban J connectivity index is 2.12. The van der Waals surface area contributed by atoms with Crippen molar-refractivity contribution in [1.29, 1.82) is 0 Å². The molecule has 2 aromatic rings. The molecule has 2 rings (SSSR count). The van der Waals surface area contributed by atoms with Crippen LogP contribution in [0.15, 0.2) is 36.5 Å². The van der Waals surface area contributed by atoms with Crippen molar-refractivity contribution in [3.8, 4) is 0 Å². The van der Waals surface area contributed by atoms with Gasteiger partial charge in [-0.2, -0.15) is 0 Å². The van der Waals surface area contributed by atoms with Crippen molar-refractivity contribution in [3.63, 3.8) is 0 Å². The topological polar surface area (TPSA) is 77.2 Å². The average molecular weight is 285 g/mol. The van der Waals surface area contributed by atoms with Crippen LogP contribution in [-0.2, 0) is 17.7 Å². The van der Waals surface area contributed by atoms with E-state index in [4.69, 9.17) is 5.73 Å². The first-order chi connectivity index (χ1) is 10.2. The van der Waals surface area contributed by atoms with Crippen LogP contribution in [0.3, 0.4) is 0 Å². The number of aromatic nitrogens is 1. The minimum absolute atomic E-state index is 0.397. The molecule has 0 aliphatic heterocycles. The zero-order chi connectivity index (χ0) is 15.2. The van der Waals surface area contributed by atoms with Crippen molar-refractivity contribution in [2.24, 2.45) is 0 Å². The van der Waals surface area contributed by atoms with Gasteiger partial charge in [0.1, 0.15) is 0 Å². The summed E-state index contributed by atoms with van der Waals surface area (Å²) in [7, 11) is 1.35. The van der Waals surface area contributed by atoms with Crippen molar-refractivity contribution in [1.82, 2.24) is 4.98 Å². The molecular formula is C16H19N3O2. The number of hydrogen-bond donors (Lipinski definition) is 2. The number of methoxy groups -OCH3 is 1. The lowest BCUT2D eigenvalue weighted by atomic mass is 10.1. The summed E-state index contributed by atoms with van der Waals surface area (Å²) in [6.45, 7) is 2.69. The molecule has 1 aromatic carbocycles. The Kier molecular flexibility index (Phi) is 4.77. The Morgan fingerprint density at radius 1 is 1.38 bits per heavy atom. The lowest BCUT2D eigenvalue weighted by molar-refractivity contribution is 0.0601. The fraction of sp³-hybridized carbons (Fsp3) is 0.250. The lowest BCUT2D eigenvalue weighted by Crippen LogP contribution is -2.08. The number of carbonyl (C=O) groups is 1.